The molecule has 0 saturated heterocycles. The van der Waals surface area contributed by atoms with Gasteiger partial charge in [0.05, 0.1) is 17.2 Å². The van der Waals surface area contributed by atoms with Gasteiger partial charge in [-0.15, -0.1) is 0 Å². The molecule has 0 N–H and O–H groups in total. The maximum Gasteiger partial charge on any atom is 0.416 e. The second-order valence-corrected chi connectivity index (χ2v) is 9.51. The third-order valence-corrected chi connectivity index (χ3v) is 4.73. The largest absolute Gasteiger partial charge is 0.416 e. The van der Waals surface area contributed by atoms with Crippen molar-refractivity contribution in [3.63, 3.8) is 0 Å². The Morgan fingerprint density at radius 1 is 0.786 bits per heavy atom. The van der Waals surface area contributed by atoms with Crippen molar-refractivity contribution in [3.05, 3.63) is 70.3 Å². The lowest BCUT2D eigenvalue weighted by Gasteiger charge is -2.28. The van der Waals surface area contributed by atoms with Gasteiger partial charge in [0.15, 0.2) is 0 Å². The lowest BCUT2D eigenvalue weighted by atomic mass is 9.76. The summed E-state index contributed by atoms with van der Waals surface area (Å²) < 4.78 is 39.6. The Kier molecular flexibility index (Phi) is 6.28. The normalized spacial score (nSPS) is 12.7. The van der Waals surface area contributed by atoms with Crippen LogP contribution in [0.15, 0.2) is 42.5 Å². The highest BCUT2D eigenvalue weighted by Crippen LogP contribution is 2.35. The zero-order valence-electron chi connectivity index (χ0n) is 17.2. The van der Waals surface area contributed by atoms with Crippen LogP contribution in [0.4, 0.5) is 13.2 Å². The van der Waals surface area contributed by atoms with Crippen LogP contribution in [0.25, 0.3) is 0 Å². The van der Waals surface area contributed by atoms with E-state index in [4.69, 9.17) is 0 Å². The topological polar surface area (TPSA) is 23.8 Å². The third-order valence-electron chi connectivity index (χ3n) is 4.73. The molecule has 0 aliphatic rings. The molecule has 0 aromatic heterocycles. The summed E-state index contributed by atoms with van der Waals surface area (Å²) in [7, 11) is 0. The Morgan fingerprint density at radius 3 is 1.96 bits per heavy atom. The van der Waals surface area contributed by atoms with Crippen LogP contribution in [0.2, 0.25) is 0 Å². The maximum atomic E-state index is 13.2. The number of nitriles is 1. The van der Waals surface area contributed by atoms with Gasteiger partial charge >= 0.3 is 6.18 Å². The van der Waals surface area contributed by atoms with Crippen molar-refractivity contribution in [1.82, 2.24) is 0 Å². The Bertz CT molecular complexity index is 865. The second-order valence-electron chi connectivity index (χ2n) is 9.51. The summed E-state index contributed by atoms with van der Waals surface area (Å²) in [6.07, 6.45) is -2.42. The molecule has 0 amide bonds. The number of hydrogen-bond acceptors (Lipinski definition) is 1. The quantitative estimate of drug-likeness (QED) is 0.543. The molecule has 1 nitrogen and oxygen atoms in total. The van der Waals surface area contributed by atoms with Gasteiger partial charge in [-0.05, 0) is 65.0 Å². The molecule has 0 unspecified atom stereocenters. The van der Waals surface area contributed by atoms with Crippen molar-refractivity contribution in [2.24, 2.45) is 10.8 Å². The average molecular weight is 387 g/mol. The maximum absolute atomic E-state index is 13.2. The Hall–Kier alpha value is -2.28. The minimum absolute atomic E-state index is 0.115. The van der Waals surface area contributed by atoms with Gasteiger partial charge in [0.1, 0.15) is 0 Å². The number of alkyl halides is 3. The molecule has 0 atom stereocenters. The summed E-state index contributed by atoms with van der Waals surface area (Å²) in [6, 6.07) is 13.8. The fraction of sp³-hybridized carbons (Fsp3) is 0.458. The summed E-state index contributed by atoms with van der Waals surface area (Å²) in [6.45, 7) is 10.3. The van der Waals surface area contributed by atoms with Crippen molar-refractivity contribution in [3.8, 4) is 6.07 Å². The van der Waals surface area contributed by atoms with E-state index in [1.807, 2.05) is 39.0 Å². The minimum Gasteiger partial charge on any atom is -0.192 e. The van der Waals surface area contributed by atoms with Crippen LogP contribution >= 0.6 is 0 Å². The monoisotopic (exact) mass is 387 g/mol. The van der Waals surface area contributed by atoms with Gasteiger partial charge in [0.25, 0.3) is 0 Å². The first-order valence-electron chi connectivity index (χ1n) is 9.48. The molecule has 0 aliphatic heterocycles. The number of benzene rings is 2. The Balaban J connectivity index is 2.36. The molecule has 0 aliphatic carbocycles. The number of nitrogens with zero attached hydrogens (tertiary/aromatic N) is 1. The summed E-state index contributed by atoms with van der Waals surface area (Å²) in [5.74, 6) is 0. The standard InChI is InChI=1S/C24H28F3N/c1-22(2,3)13-20-12-21(24(25,26)27)11-10-18(20)15-23(4,5)14-17-8-6-7-9-19(17)16-28/h6-12H,13-15H2,1-5H3. The first kappa shape index (κ1) is 22.0. The summed E-state index contributed by atoms with van der Waals surface area (Å²) in [5.41, 5.74) is 2.42. The summed E-state index contributed by atoms with van der Waals surface area (Å²) >= 11 is 0. The van der Waals surface area contributed by atoms with Gasteiger partial charge in [-0.2, -0.15) is 18.4 Å². The molecular weight excluding hydrogens is 359 g/mol. The highest BCUT2D eigenvalue weighted by atomic mass is 19.4. The van der Waals surface area contributed by atoms with Crippen molar-refractivity contribution < 1.29 is 13.2 Å². The van der Waals surface area contributed by atoms with Crippen LogP contribution in [0.3, 0.4) is 0 Å². The van der Waals surface area contributed by atoms with Crippen molar-refractivity contribution in [1.29, 1.82) is 5.26 Å². The predicted molar refractivity (Wildman–Crippen MR) is 107 cm³/mol. The molecule has 2 aromatic rings. The van der Waals surface area contributed by atoms with Gasteiger partial charge in [-0.3, -0.25) is 0 Å². The minimum atomic E-state index is -4.34. The van der Waals surface area contributed by atoms with Gasteiger partial charge in [-0.1, -0.05) is 58.9 Å². The van der Waals surface area contributed by atoms with Crippen molar-refractivity contribution in [2.75, 3.05) is 0 Å². The van der Waals surface area contributed by atoms with Crippen LogP contribution in [0, 0.1) is 22.2 Å². The van der Waals surface area contributed by atoms with E-state index in [9.17, 15) is 18.4 Å². The molecule has 0 fully saturated rings. The van der Waals surface area contributed by atoms with Crippen molar-refractivity contribution in [2.45, 2.75) is 60.1 Å². The molecule has 150 valence electrons. The fourth-order valence-electron chi connectivity index (χ4n) is 3.59. The highest BCUT2D eigenvalue weighted by Gasteiger charge is 2.32. The molecule has 2 aromatic carbocycles. The molecule has 4 heteroatoms. The zero-order valence-corrected chi connectivity index (χ0v) is 17.2. The van der Waals surface area contributed by atoms with Crippen molar-refractivity contribution >= 4 is 0 Å². The van der Waals surface area contributed by atoms with E-state index in [0.29, 0.717) is 24.8 Å². The third kappa shape index (κ3) is 6.12. The Morgan fingerprint density at radius 2 is 1.39 bits per heavy atom. The highest BCUT2D eigenvalue weighted by molar-refractivity contribution is 5.39. The smallest absolute Gasteiger partial charge is 0.192 e. The molecule has 0 saturated carbocycles. The number of hydrogen-bond donors (Lipinski definition) is 0. The molecule has 0 spiro atoms. The molecule has 0 heterocycles. The molecule has 0 radical (unpaired) electrons. The van der Waals surface area contributed by atoms with Gasteiger partial charge < -0.3 is 0 Å². The molecule has 0 bridgehead atoms. The lowest BCUT2D eigenvalue weighted by molar-refractivity contribution is -0.137. The second kappa shape index (κ2) is 7.99. The molecule has 28 heavy (non-hydrogen) atoms. The van der Waals surface area contributed by atoms with Crippen LogP contribution < -0.4 is 0 Å². The van der Waals surface area contributed by atoms with E-state index < -0.39 is 11.7 Å². The lowest BCUT2D eigenvalue weighted by Crippen LogP contribution is -2.21. The van der Waals surface area contributed by atoms with E-state index >= 15 is 0 Å². The van der Waals surface area contributed by atoms with E-state index in [1.54, 1.807) is 12.1 Å². The predicted octanol–water partition coefficient (Wildman–Crippen LogP) is 6.98. The number of rotatable bonds is 5. The number of halogens is 3. The van der Waals surface area contributed by atoms with E-state index in [-0.39, 0.29) is 10.8 Å². The van der Waals surface area contributed by atoms with Gasteiger partial charge in [-0.25, -0.2) is 0 Å². The zero-order chi connectivity index (χ0) is 21.2. The van der Waals surface area contributed by atoms with E-state index in [2.05, 4.69) is 19.9 Å². The van der Waals surface area contributed by atoms with E-state index in [0.717, 1.165) is 16.7 Å². The van der Waals surface area contributed by atoms with Crippen LogP contribution in [-0.4, -0.2) is 0 Å². The van der Waals surface area contributed by atoms with Gasteiger partial charge in [0, 0.05) is 0 Å². The van der Waals surface area contributed by atoms with Gasteiger partial charge in [0.2, 0.25) is 0 Å². The average Bonchev–Trinajstić information content (AvgIpc) is 2.54. The molecule has 2 rings (SSSR count). The molecular formula is C24H28F3N. The first-order chi connectivity index (χ1) is 12.8. The fourth-order valence-corrected chi connectivity index (χ4v) is 3.59. The summed E-state index contributed by atoms with van der Waals surface area (Å²) in [4.78, 5) is 0. The van der Waals surface area contributed by atoms with E-state index in [1.165, 1.54) is 12.1 Å². The van der Waals surface area contributed by atoms with Crippen LogP contribution in [-0.2, 0) is 25.4 Å². The van der Waals surface area contributed by atoms with Crippen LogP contribution in [0.5, 0.6) is 0 Å². The van der Waals surface area contributed by atoms with Crippen LogP contribution in [0.1, 0.15) is 62.4 Å². The first-order valence-corrected chi connectivity index (χ1v) is 9.48. The Labute approximate surface area is 166 Å². The summed E-state index contributed by atoms with van der Waals surface area (Å²) in [5, 5.41) is 9.33. The SMILES string of the molecule is CC(C)(C)Cc1cc(C(F)(F)F)ccc1CC(C)(C)Cc1ccccc1C#N.